The molecule has 0 saturated heterocycles. The summed E-state index contributed by atoms with van der Waals surface area (Å²) in [7, 11) is 0. The molecule has 2 radical (unpaired) electrons. The second-order valence-electron chi connectivity index (χ2n) is 4.16. The number of fused-ring (bicyclic) bond motifs is 3. The molecule has 0 atom stereocenters. The largest absolute Gasteiger partial charge is 0.358 e. The van der Waals surface area contributed by atoms with Gasteiger partial charge in [0.2, 0.25) is 0 Å². The lowest BCUT2D eigenvalue weighted by Crippen LogP contribution is -2.00. The number of aromatic amines is 1. The lowest BCUT2D eigenvalue weighted by atomic mass is 9.95. The van der Waals surface area contributed by atoms with Gasteiger partial charge in [0.05, 0.1) is 0 Å². The molecule has 76 valence electrons. The number of hydrogen-bond acceptors (Lipinski definition) is 0. The van der Waals surface area contributed by atoms with E-state index in [9.17, 15) is 0 Å². The minimum atomic E-state index is 0.856. The Morgan fingerprint density at radius 1 is 1.40 bits per heavy atom. The van der Waals surface area contributed by atoms with Gasteiger partial charge in [-0.2, -0.15) is 0 Å². The van der Waals surface area contributed by atoms with Gasteiger partial charge in [-0.1, -0.05) is 11.6 Å². The van der Waals surface area contributed by atoms with Crippen molar-refractivity contribution in [1.82, 2.24) is 4.98 Å². The monoisotopic (exact) mass is 217 g/mol. The molecular weight excluding hydrogens is 206 g/mol. The molecule has 2 aromatic rings. The van der Waals surface area contributed by atoms with E-state index < -0.39 is 0 Å². The van der Waals surface area contributed by atoms with Crippen LogP contribution in [0, 0.1) is 13.3 Å². The molecular formula is C13H12ClN. The van der Waals surface area contributed by atoms with Gasteiger partial charge in [-0.15, -0.1) is 0 Å². The Kier molecular flexibility index (Phi) is 2.03. The summed E-state index contributed by atoms with van der Waals surface area (Å²) in [5, 5.41) is 2.13. The van der Waals surface area contributed by atoms with Crippen molar-refractivity contribution in [3.63, 3.8) is 0 Å². The van der Waals surface area contributed by atoms with E-state index in [0.29, 0.717) is 0 Å². The van der Waals surface area contributed by atoms with Crippen LogP contribution < -0.4 is 0 Å². The third-order valence-corrected chi connectivity index (χ3v) is 3.53. The lowest BCUT2D eigenvalue weighted by Gasteiger charge is -2.09. The summed E-state index contributed by atoms with van der Waals surface area (Å²) < 4.78 is 0. The highest BCUT2D eigenvalue weighted by atomic mass is 35.5. The van der Waals surface area contributed by atoms with E-state index in [2.05, 4.69) is 23.5 Å². The van der Waals surface area contributed by atoms with E-state index in [4.69, 9.17) is 11.6 Å². The van der Waals surface area contributed by atoms with Crippen molar-refractivity contribution < 1.29 is 0 Å². The predicted molar refractivity (Wildman–Crippen MR) is 63.3 cm³/mol. The fraction of sp³-hybridized carbons (Fsp3) is 0.308. The minimum absolute atomic E-state index is 0.856. The van der Waals surface area contributed by atoms with Crippen LogP contribution in [-0.2, 0) is 12.8 Å². The molecule has 1 aromatic carbocycles. The molecule has 0 amide bonds. The summed E-state index contributed by atoms with van der Waals surface area (Å²) in [4.78, 5) is 3.49. The fourth-order valence-electron chi connectivity index (χ4n) is 2.28. The van der Waals surface area contributed by atoms with Crippen LogP contribution in [0.1, 0.15) is 23.2 Å². The predicted octanol–water partition coefficient (Wildman–Crippen LogP) is 3.70. The highest BCUT2D eigenvalue weighted by Gasteiger charge is 2.16. The highest BCUT2D eigenvalue weighted by Crippen LogP contribution is 2.31. The quantitative estimate of drug-likeness (QED) is 0.693. The zero-order chi connectivity index (χ0) is 10.4. The van der Waals surface area contributed by atoms with Crippen LogP contribution in [0.15, 0.2) is 12.1 Å². The molecule has 15 heavy (non-hydrogen) atoms. The number of rotatable bonds is 0. The van der Waals surface area contributed by atoms with Gasteiger partial charge in [0, 0.05) is 21.6 Å². The van der Waals surface area contributed by atoms with Gasteiger partial charge >= 0.3 is 0 Å². The Morgan fingerprint density at radius 2 is 2.27 bits per heavy atom. The molecule has 1 N–H and O–H groups in total. The minimum Gasteiger partial charge on any atom is -0.358 e. The molecule has 3 rings (SSSR count). The Balaban J connectivity index is 2.33. The maximum Gasteiger partial charge on any atom is 0.0462 e. The number of nitrogens with one attached hydrogen (secondary N) is 1. The highest BCUT2D eigenvalue weighted by molar-refractivity contribution is 6.32. The summed E-state index contributed by atoms with van der Waals surface area (Å²) in [6.07, 6.45) is 6.49. The van der Waals surface area contributed by atoms with E-state index in [-0.39, 0.29) is 0 Å². The maximum atomic E-state index is 6.15. The number of benzene rings is 1. The van der Waals surface area contributed by atoms with Crippen LogP contribution in [0.3, 0.4) is 0 Å². The van der Waals surface area contributed by atoms with Crippen molar-refractivity contribution in [2.75, 3.05) is 0 Å². The van der Waals surface area contributed by atoms with Gasteiger partial charge < -0.3 is 4.98 Å². The van der Waals surface area contributed by atoms with E-state index in [1.165, 1.54) is 22.2 Å². The van der Waals surface area contributed by atoms with E-state index in [0.717, 1.165) is 29.8 Å². The van der Waals surface area contributed by atoms with E-state index in [1.54, 1.807) is 0 Å². The van der Waals surface area contributed by atoms with Crippen molar-refractivity contribution in [2.24, 2.45) is 0 Å². The number of halogens is 1. The SMILES string of the molecule is Cc1cc2[nH]c3c(c2cc1Cl)C[C]CC3. The maximum absolute atomic E-state index is 6.15. The van der Waals surface area contributed by atoms with Crippen molar-refractivity contribution in [1.29, 1.82) is 0 Å². The molecule has 0 aliphatic heterocycles. The van der Waals surface area contributed by atoms with Gasteiger partial charge in [-0.25, -0.2) is 0 Å². The second kappa shape index (κ2) is 3.28. The topological polar surface area (TPSA) is 15.8 Å². The van der Waals surface area contributed by atoms with Gasteiger partial charge in [-0.05, 0) is 55.9 Å². The first-order valence-electron chi connectivity index (χ1n) is 5.26. The average molecular weight is 218 g/mol. The number of H-pyrrole nitrogens is 1. The van der Waals surface area contributed by atoms with Gasteiger partial charge in [0.25, 0.3) is 0 Å². The molecule has 1 nitrogen and oxygen atoms in total. The third-order valence-electron chi connectivity index (χ3n) is 3.13. The number of hydrogen-bond donors (Lipinski definition) is 1. The van der Waals surface area contributed by atoms with Crippen molar-refractivity contribution in [2.45, 2.75) is 26.2 Å². The summed E-state index contributed by atoms with van der Waals surface area (Å²) >= 11 is 6.15. The normalized spacial score (nSPS) is 15.6. The van der Waals surface area contributed by atoms with Crippen molar-refractivity contribution >= 4 is 22.5 Å². The zero-order valence-electron chi connectivity index (χ0n) is 8.65. The van der Waals surface area contributed by atoms with Crippen LogP contribution >= 0.6 is 11.6 Å². The molecule has 0 fully saturated rings. The van der Waals surface area contributed by atoms with Crippen molar-refractivity contribution in [3.8, 4) is 0 Å². The lowest BCUT2D eigenvalue weighted by molar-refractivity contribution is 0.816. The summed E-state index contributed by atoms with van der Waals surface area (Å²) in [5.74, 6) is 0. The molecule has 2 heteroatoms. The van der Waals surface area contributed by atoms with Gasteiger partial charge in [0.1, 0.15) is 0 Å². The molecule has 0 saturated carbocycles. The first-order valence-corrected chi connectivity index (χ1v) is 5.64. The summed E-state index contributed by atoms with van der Waals surface area (Å²) in [6.45, 7) is 2.04. The molecule has 0 bridgehead atoms. The van der Waals surface area contributed by atoms with Crippen LogP contribution in [0.5, 0.6) is 0 Å². The zero-order valence-corrected chi connectivity index (χ0v) is 9.41. The van der Waals surface area contributed by atoms with Crippen LogP contribution in [0.4, 0.5) is 0 Å². The second-order valence-corrected chi connectivity index (χ2v) is 4.56. The number of aryl methyl sites for hydroxylation is 2. The van der Waals surface area contributed by atoms with Crippen LogP contribution in [-0.4, -0.2) is 4.98 Å². The molecule has 1 aliphatic rings. The fourth-order valence-corrected chi connectivity index (χ4v) is 2.44. The summed E-state index contributed by atoms with van der Waals surface area (Å²) in [6, 6.07) is 4.21. The van der Waals surface area contributed by atoms with E-state index in [1.807, 2.05) is 6.92 Å². The Labute approximate surface area is 94.4 Å². The third kappa shape index (κ3) is 1.37. The molecule has 1 aliphatic carbocycles. The van der Waals surface area contributed by atoms with E-state index >= 15 is 0 Å². The van der Waals surface area contributed by atoms with Crippen molar-refractivity contribution in [3.05, 3.63) is 40.4 Å². The standard InChI is InChI=1S/C13H12ClN/c1-8-6-13-10(7-11(8)14)9-4-2-3-5-12(9)15-13/h6-7,15H,3-5H2,1H3. The first-order chi connectivity index (χ1) is 7.25. The summed E-state index contributed by atoms with van der Waals surface area (Å²) in [5.41, 5.74) is 5.10. The number of aromatic nitrogens is 1. The first kappa shape index (κ1) is 9.29. The van der Waals surface area contributed by atoms with Crippen LogP contribution in [0.25, 0.3) is 10.9 Å². The molecule has 0 unspecified atom stereocenters. The molecule has 1 heterocycles. The molecule has 1 aromatic heterocycles. The Hall–Kier alpha value is -0.950. The van der Waals surface area contributed by atoms with Gasteiger partial charge in [0.15, 0.2) is 0 Å². The Bertz CT molecular complexity index is 525. The molecule has 0 spiro atoms. The Morgan fingerprint density at radius 3 is 3.13 bits per heavy atom. The van der Waals surface area contributed by atoms with Crippen LogP contribution in [0.2, 0.25) is 5.02 Å². The van der Waals surface area contributed by atoms with Gasteiger partial charge in [-0.3, -0.25) is 0 Å². The average Bonchev–Trinajstić information content (AvgIpc) is 2.57. The smallest absolute Gasteiger partial charge is 0.0462 e.